The van der Waals surface area contributed by atoms with Gasteiger partial charge in [0.1, 0.15) is 0 Å². The topological polar surface area (TPSA) is 65.1 Å². The van der Waals surface area contributed by atoms with Gasteiger partial charge in [-0.3, -0.25) is 10.5 Å². The van der Waals surface area contributed by atoms with Crippen molar-refractivity contribution in [2.45, 2.75) is 12.6 Å². The zero-order chi connectivity index (χ0) is 14.5. The maximum atomic E-state index is 6.26. The number of halogens is 2. The van der Waals surface area contributed by atoms with E-state index in [1.807, 2.05) is 28.9 Å². The van der Waals surface area contributed by atoms with Crippen molar-refractivity contribution < 1.29 is 4.74 Å². The molecular weight excluding hydrogens is 391 g/mol. The van der Waals surface area contributed by atoms with Crippen LogP contribution in [0.3, 0.4) is 0 Å². The Morgan fingerprint density at radius 1 is 1.45 bits per heavy atom. The Balaban J connectivity index is 2.35. The lowest BCUT2D eigenvalue weighted by Gasteiger charge is -2.19. The van der Waals surface area contributed by atoms with Crippen LogP contribution >= 0.6 is 34.2 Å². The van der Waals surface area contributed by atoms with Crippen LogP contribution < -0.4 is 11.3 Å². The molecule has 0 amide bonds. The van der Waals surface area contributed by atoms with Crippen LogP contribution in [0.25, 0.3) is 0 Å². The summed E-state index contributed by atoms with van der Waals surface area (Å²) in [6, 6.07) is 7.90. The second kappa shape index (κ2) is 7.37. The number of aromatic nitrogens is 2. The SMILES string of the molecule is COCCn1ncc(Cl)c1C(NN)c1ccc(I)cc1. The molecule has 1 atom stereocenters. The summed E-state index contributed by atoms with van der Waals surface area (Å²) in [6.07, 6.45) is 1.63. The number of nitrogens with zero attached hydrogens (tertiary/aromatic N) is 2. The van der Waals surface area contributed by atoms with E-state index in [9.17, 15) is 0 Å². The summed E-state index contributed by atoms with van der Waals surface area (Å²) in [5.41, 5.74) is 4.69. The van der Waals surface area contributed by atoms with Crippen molar-refractivity contribution in [2.75, 3.05) is 13.7 Å². The molecule has 0 fully saturated rings. The van der Waals surface area contributed by atoms with Crippen LogP contribution in [0.15, 0.2) is 30.5 Å². The first-order valence-corrected chi connectivity index (χ1v) is 7.54. The van der Waals surface area contributed by atoms with Crippen LogP contribution in [0.1, 0.15) is 17.3 Å². The minimum absolute atomic E-state index is 0.209. The molecular formula is C13H16ClIN4O. The van der Waals surface area contributed by atoms with Crippen LogP contribution in [0.5, 0.6) is 0 Å². The number of benzene rings is 1. The van der Waals surface area contributed by atoms with E-state index in [0.717, 1.165) is 11.3 Å². The van der Waals surface area contributed by atoms with Crippen molar-refractivity contribution in [3.05, 3.63) is 50.3 Å². The van der Waals surface area contributed by atoms with Crippen molar-refractivity contribution in [1.82, 2.24) is 15.2 Å². The van der Waals surface area contributed by atoms with Crippen molar-refractivity contribution in [2.24, 2.45) is 5.84 Å². The Bertz CT molecular complexity index is 558. The summed E-state index contributed by atoms with van der Waals surface area (Å²) < 4.78 is 8.07. The van der Waals surface area contributed by atoms with Gasteiger partial charge in [-0.2, -0.15) is 5.10 Å². The predicted octanol–water partition coefficient (Wildman–Crippen LogP) is 2.34. The standard InChI is InChI=1S/C13H16ClIN4O/c1-20-7-6-19-13(11(14)8-17-19)12(18-16)9-2-4-10(15)5-3-9/h2-5,8,12,18H,6-7,16H2,1H3. The molecule has 1 heterocycles. The molecule has 0 spiro atoms. The molecule has 2 aromatic rings. The molecule has 1 aromatic heterocycles. The highest BCUT2D eigenvalue weighted by Crippen LogP contribution is 2.28. The van der Waals surface area contributed by atoms with Gasteiger partial charge >= 0.3 is 0 Å². The van der Waals surface area contributed by atoms with Gasteiger partial charge in [-0.15, -0.1) is 0 Å². The normalized spacial score (nSPS) is 12.6. The maximum Gasteiger partial charge on any atom is 0.0893 e. The van der Waals surface area contributed by atoms with Crippen molar-refractivity contribution in [1.29, 1.82) is 0 Å². The Morgan fingerprint density at radius 3 is 2.75 bits per heavy atom. The average molecular weight is 407 g/mol. The number of nitrogens with one attached hydrogen (secondary N) is 1. The average Bonchev–Trinajstić information content (AvgIpc) is 2.81. The smallest absolute Gasteiger partial charge is 0.0893 e. The lowest BCUT2D eigenvalue weighted by molar-refractivity contribution is 0.182. The molecule has 3 N–H and O–H groups in total. The summed E-state index contributed by atoms with van der Waals surface area (Å²) in [5.74, 6) is 5.72. The number of ether oxygens (including phenoxy) is 1. The van der Waals surface area contributed by atoms with Crippen LogP contribution in [0.4, 0.5) is 0 Å². The van der Waals surface area contributed by atoms with Gasteiger partial charge in [-0.1, -0.05) is 23.7 Å². The largest absolute Gasteiger partial charge is 0.383 e. The van der Waals surface area contributed by atoms with Crippen molar-refractivity contribution in [3.63, 3.8) is 0 Å². The fraction of sp³-hybridized carbons (Fsp3) is 0.308. The molecule has 7 heteroatoms. The lowest BCUT2D eigenvalue weighted by atomic mass is 10.0. The van der Waals surface area contributed by atoms with Crippen LogP contribution in [-0.2, 0) is 11.3 Å². The molecule has 0 aliphatic rings. The lowest BCUT2D eigenvalue weighted by Crippen LogP contribution is -2.31. The van der Waals surface area contributed by atoms with Gasteiger partial charge < -0.3 is 4.74 Å². The van der Waals surface area contributed by atoms with E-state index in [0.29, 0.717) is 18.2 Å². The first kappa shape index (κ1) is 15.7. The van der Waals surface area contributed by atoms with Crippen LogP contribution in [0, 0.1) is 3.57 Å². The molecule has 0 radical (unpaired) electrons. The summed E-state index contributed by atoms with van der Waals surface area (Å²) in [4.78, 5) is 0. The van der Waals surface area contributed by atoms with Gasteiger partial charge in [-0.25, -0.2) is 5.43 Å². The molecule has 0 saturated heterocycles. The van der Waals surface area contributed by atoms with Gasteiger partial charge in [0.25, 0.3) is 0 Å². The first-order valence-electron chi connectivity index (χ1n) is 6.09. The molecule has 20 heavy (non-hydrogen) atoms. The summed E-state index contributed by atoms with van der Waals surface area (Å²) in [6.45, 7) is 1.19. The van der Waals surface area contributed by atoms with Gasteiger partial charge in [0.15, 0.2) is 0 Å². The minimum atomic E-state index is -0.209. The first-order chi connectivity index (χ1) is 9.67. The summed E-state index contributed by atoms with van der Waals surface area (Å²) in [5, 5.41) is 4.86. The second-order valence-corrected chi connectivity index (χ2v) is 5.90. The molecule has 1 unspecified atom stereocenters. The zero-order valence-corrected chi connectivity index (χ0v) is 13.9. The Labute approximate surface area is 136 Å². The summed E-state index contributed by atoms with van der Waals surface area (Å²) >= 11 is 8.52. The highest BCUT2D eigenvalue weighted by molar-refractivity contribution is 14.1. The zero-order valence-electron chi connectivity index (χ0n) is 11.0. The van der Waals surface area contributed by atoms with E-state index in [1.165, 1.54) is 3.57 Å². The fourth-order valence-electron chi connectivity index (χ4n) is 2.00. The predicted molar refractivity (Wildman–Crippen MR) is 87.4 cm³/mol. The van der Waals surface area contributed by atoms with Crippen molar-refractivity contribution >= 4 is 34.2 Å². The monoisotopic (exact) mass is 406 g/mol. The highest BCUT2D eigenvalue weighted by atomic mass is 127. The highest BCUT2D eigenvalue weighted by Gasteiger charge is 2.21. The number of methoxy groups -OCH3 is 1. The van der Waals surface area contributed by atoms with E-state index in [4.69, 9.17) is 22.2 Å². The van der Waals surface area contributed by atoms with Gasteiger partial charge in [0.05, 0.1) is 36.1 Å². The number of rotatable bonds is 6. The molecule has 2 rings (SSSR count). The van der Waals surface area contributed by atoms with E-state index in [-0.39, 0.29) is 6.04 Å². The van der Waals surface area contributed by atoms with Gasteiger partial charge in [0, 0.05) is 10.7 Å². The van der Waals surface area contributed by atoms with Crippen LogP contribution in [-0.4, -0.2) is 23.5 Å². The number of hydrogen-bond acceptors (Lipinski definition) is 4. The van der Waals surface area contributed by atoms with Gasteiger partial charge in [-0.05, 0) is 40.3 Å². The minimum Gasteiger partial charge on any atom is -0.383 e. The van der Waals surface area contributed by atoms with Crippen LogP contribution in [0.2, 0.25) is 5.02 Å². The van der Waals surface area contributed by atoms with E-state index in [1.54, 1.807) is 13.3 Å². The van der Waals surface area contributed by atoms with E-state index < -0.39 is 0 Å². The third kappa shape index (κ3) is 3.50. The second-order valence-electron chi connectivity index (χ2n) is 4.24. The fourth-order valence-corrected chi connectivity index (χ4v) is 2.61. The van der Waals surface area contributed by atoms with Gasteiger partial charge in [0.2, 0.25) is 0 Å². The Kier molecular flexibility index (Phi) is 5.79. The molecule has 0 aliphatic heterocycles. The number of nitrogens with two attached hydrogens (primary N) is 1. The molecule has 0 aliphatic carbocycles. The number of hydrogen-bond donors (Lipinski definition) is 2. The third-order valence-corrected chi connectivity index (χ3v) is 3.99. The molecule has 0 bridgehead atoms. The third-order valence-electron chi connectivity index (χ3n) is 2.98. The quantitative estimate of drug-likeness (QED) is 0.439. The number of hydrazine groups is 1. The maximum absolute atomic E-state index is 6.26. The van der Waals surface area contributed by atoms with E-state index in [2.05, 4.69) is 33.1 Å². The molecule has 108 valence electrons. The van der Waals surface area contributed by atoms with E-state index >= 15 is 0 Å². The Morgan fingerprint density at radius 2 is 2.15 bits per heavy atom. The Hall–Kier alpha value is -0.670. The molecule has 0 saturated carbocycles. The summed E-state index contributed by atoms with van der Waals surface area (Å²) in [7, 11) is 1.66. The van der Waals surface area contributed by atoms with Crippen molar-refractivity contribution in [3.8, 4) is 0 Å². The molecule has 5 nitrogen and oxygen atoms in total. The molecule has 1 aromatic carbocycles.